The van der Waals surface area contributed by atoms with E-state index in [1.165, 1.54) is 6.92 Å². The normalized spacial score (nSPS) is 24.0. The van der Waals surface area contributed by atoms with Crippen LogP contribution >= 0.6 is 0 Å². The molecule has 3 rings (SSSR count). The number of carbonyl (C=O) groups is 2. The summed E-state index contributed by atoms with van der Waals surface area (Å²) in [5.74, 6) is 1.38. The Balaban J connectivity index is 1.51. The van der Waals surface area contributed by atoms with Gasteiger partial charge in [-0.05, 0) is 62.6 Å². The van der Waals surface area contributed by atoms with Crippen molar-refractivity contribution in [3.05, 3.63) is 29.3 Å². The molecule has 1 aromatic carbocycles. The van der Waals surface area contributed by atoms with E-state index >= 15 is 0 Å². The molecule has 1 heterocycles. The molecule has 28 heavy (non-hydrogen) atoms. The van der Waals surface area contributed by atoms with Gasteiger partial charge in [-0.25, -0.2) is 0 Å². The molecule has 1 aromatic rings. The zero-order valence-electron chi connectivity index (χ0n) is 16.7. The Morgan fingerprint density at radius 1 is 1.29 bits per heavy atom. The predicted octanol–water partition coefficient (Wildman–Crippen LogP) is 1.99. The minimum atomic E-state index is -1.05. The number of nitrogens with one attached hydrogen (secondary N) is 1. The highest BCUT2D eigenvalue weighted by atomic mass is 16.5. The fraction of sp³-hybridized carbons (Fsp3) is 0.619. The zero-order chi connectivity index (χ0) is 20.1. The largest absolute Gasteiger partial charge is 0.535 e. The summed E-state index contributed by atoms with van der Waals surface area (Å²) in [6, 6.07) is 5.44. The van der Waals surface area contributed by atoms with E-state index in [-0.39, 0.29) is 17.4 Å². The van der Waals surface area contributed by atoms with Gasteiger partial charge in [0.2, 0.25) is 0 Å². The fourth-order valence-corrected chi connectivity index (χ4v) is 4.59. The first-order chi connectivity index (χ1) is 13.5. The van der Waals surface area contributed by atoms with Gasteiger partial charge in [-0.15, -0.1) is 0 Å². The van der Waals surface area contributed by atoms with Crippen molar-refractivity contribution < 1.29 is 19.3 Å². The molecular formula is C21H31BN2O4. The van der Waals surface area contributed by atoms with Gasteiger partial charge in [0.15, 0.2) is 5.78 Å². The van der Waals surface area contributed by atoms with Crippen LogP contribution < -0.4 is 15.7 Å². The molecule has 7 heteroatoms. The first-order valence-electron chi connectivity index (χ1n) is 10.4. The number of carbonyl (C=O) groups excluding carboxylic acids is 2. The van der Waals surface area contributed by atoms with Crippen molar-refractivity contribution in [3.8, 4) is 5.75 Å². The molecule has 0 spiro atoms. The fourth-order valence-electron chi connectivity index (χ4n) is 4.59. The summed E-state index contributed by atoms with van der Waals surface area (Å²) in [6.45, 7) is 3.96. The smallest absolute Gasteiger partial charge is 0.526 e. The van der Waals surface area contributed by atoms with Gasteiger partial charge in [-0.1, -0.05) is 12.1 Å². The molecule has 152 valence electrons. The van der Waals surface area contributed by atoms with Crippen LogP contribution in [0, 0.1) is 11.8 Å². The summed E-state index contributed by atoms with van der Waals surface area (Å²) in [5, 5.41) is 13.8. The third kappa shape index (κ3) is 5.22. The van der Waals surface area contributed by atoms with Crippen LogP contribution in [0.5, 0.6) is 5.75 Å². The Morgan fingerprint density at radius 3 is 2.82 bits per heavy atom. The molecule has 0 amide bonds. The molecule has 0 aromatic heterocycles. The molecular weight excluding hydrogens is 355 g/mol. The molecule has 0 radical (unpaired) electrons. The minimum absolute atomic E-state index is 0.0877. The lowest BCUT2D eigenvalue weighted by Crippen LogP contribution is -2.35. The average Bonchev–Trinajstić information content (AvgIpc) is 3.09. The molecule has 6 nitrogen and oxygen atoms in total. The van der Waals surface area contributed by atoms with Crippen LogP contribution in [0.4, 0.5) is 0 Å². The van der Waals surface area contributed by atoms with Crippen LogP contribution in [0.25, 0.3) is 0 Å². The molecule has 1 fully saturated rings. The Morgan fingerprint density at radius 2 is 2.07 bits per heavy atom. The summed E-state index contributed by atoms with van der Waals surface area (Å²) in [6.07, 6.45) is 4.78. The van der Waals surface area contributed by atoms with Gasteiger partial charge < -0.3 is 20.7 Å². The maximum absolute atomic E-state index is 12.6. The Bertz CT molecular complexity index is 712. The van der Waals surface area contributed by atoms with Crippen molar-refractivity contribution in [1.29, 1.82) is 0 Å². The number of hydrogen-bond donors (Lipinski definition) is 3. The summed E-state index contributed by atoms with van der Waals surface area (Å²) in [4.78, 5) is 24.4. The monoisotopic (exact) mass is 386 g/mol. The number of para-hydroxylation sites is 1. The number of fused-ring (bicyclic) bond motifs is 1. The second kappa shape index (κ2) is 9.68. The number of hydrogen-bond acceptors (Lipinski definition) is 6. The SMILES string of the molecule is CC(=O)c1cccc2c1OB(O)[C@@H](CC(=O)CC1CCC(CNCCN)C1)C2. The molecule has 1 saturated carbocycles. The standard InChI is InChI=1S/C21H31BN2O4/c1-14(25)20-4-2-3-17-11-18(22(27)28-21(17)20)12-19(26)10-15-5-6-16(9-15)13-24-8-7-23/h2-4,15-16,18,24,27H,5-13,23H2,1H3/t15?,16?,18-/m1/s1. The number of rotatable bonds is 9. The van der Waals surface area contributed by atoms with Crippen molar-refractivity contribution in [1.82, 2.24) is 5.32 Å². The highest BCUT2D eigenvalue weighted by Crippen LogP contribution is 2.38. The van der Waals surface area contributed by atoms with Crippen LogP contribution in [-0.2, 0) is 11.2 Å². The number of ketones is 2. The molecule has 0 bridgehead atoms. The molecule has 4 N–H and O–H groups in total. The van der Waals surface area contributed by atoms with Gasteiger partial charge in [0.25, 0.3) is 0 Å². The number of Topliss-reactive ketones (excluding diaryl/α,β-unsaturated/α-hetero) is 2. The maximum Gasteiger partial charge on any atom is 0.526 e. The quantitative estimate of drug-likeness (QED) is 0.341. The van der Waals surface area contributed by atoms with Gasteiger partial charge in [0.1, 0.15) is 11.5 Å². The van der Waals surface area contributed by atoms with E-state index in [9.17, 15) is 14.6 Å². The molecule has 1 aliphatic carbocycles. The van der Waals surface area contributed by atoms with Crippen LogP contribution in [0.3, 0.4) is 0 Å². The van der Waals surface area contributed by atoms with Crippen LogP contribution in [0.1, 0.15) is 54.9 Å². The van der Waals surface area contributed by atoms with E-state index in [0.717, 1.165) is 37.9 Å². The van der Waals surface area contributed by atoms with E-state index in [1.54, 1.807) is 6.07 Å². The van der Waals surface area contributed by atoms with Crippen molar-refractivity contribution in [3.63, 3.8) is 0 Å². The van der Waals surface area contributed by atoms with Crippen LogP contribution in [0.2, 0.25) is 5.82 Å². The topological polar surface area (TPSA) is 102 Å². The first kappa shape index (κ1) is 21.0. The van der Waals surface area contributed by atoms with Crippen molar-refractivity contribution in [2.24, 2.45) is 17.6 Å². The molecule has 2 aliphatic rings. The van der Waals surface area contributed by atoms with Gasteiger partial charge in [0, 0.05) is 31.7 Å². The number of nitrogens with two attached hydrogens (primary N) is 1. The summed E-state index contributed by atoms with van der Waals surface area (Å²) in [5.41, 5.74) is 6.88. The molecule has 0 saturated heterocycles. The zero-order valence-corrected chi connectivity index (χ0v) is 16.7. The van der Waals surface area contributed by atoms with Gasteiger partial charge in [-0.3, -0.25) is 9.59 Å². The van der Waals surface area contributed by atoms with Crippen molar-refractivity contribution in [2.45, 2.75) is 51.3 Å². The molecule has 1 aliphatic heterocycles. The van der Waals surface area contributed by atoms with E-state index in [4.69, 9.17) is 10.4 Å². The highest BCUT2D eigenvalue weighted by Gasteiger charge is 2.38. The van der Waals surface area contributed by atoms with E-state index in [2.05, 4.69) is 5.32 Å². The van der Waals surface area contributed by atoms with Crippen LogP contribution in [0.15, 0.2) is 18.2 Å². The lowest BCUT2D eigenvalue weighted by Gasteiger charge is -2.28. The van der Waals surface area contributed by atoms with Crippen molar-refractivity contribution in [2.75, 3.05) is 19.6 Å². The Kier molecular flexibility index (Phi) is 7.27. The molecule has 2 unspecified atom stereocenters. The first-order valence-corrected chi connectivity index (χ1v) is 10.4. The maximum atomic E-state index is 12.6. The lowest BCUT2D eigenvalue weighted by atomic mass is 9.64. The van der Waals surface area contributed by atoms with Gasteiger partial charge in [0.05, 0.1) is 5.56 Å². The minimum Gasteiger partial charge on any atom is -0.535 e. The van der Waals surface area contributed by atoms with Crippen LogP contribution in [-0.4, -0.2) is 43.3 Å². The average molecular weight is 386 g/mol. The van der Waals surface area contributed by atoms with E-state index < -0.39 is 7.12 Å². The number of benzene rings is 1. The lowest BCUT2D eigenvalue weighted by molar-refractivity contribution is -0.120. The second-order valence-electron chi connectivity index (χ2n) is 8.31. The summed E-state index contributed by atoms with van der Waals surface area (Å²) >= 11 is 0. The third-order valence-corrected chi connectivity index (χ3v) is 6.01. The Hall–Kier alpha value is -1.70. The summed E-state index contributed by atoms with van der Waals surface area (Å²) in [7, 11) is -1.05. The Labute approximate surface area is 167 Å². The molecule has 3 atom stereocenters. The van der Waals surface area contributed by atoms with Gasteiger partial charge >= 0.3 is 7.12 Å². The van der Waals surface area contributed by atoms with E-state index in [1.807, 2.05) is 12.1 Å². The summed E-state index contributed by atoms with van der Waals surface area (Å²) < 4.78 is 5.64. The van der Waals surface area contributed by atoms with Gasteiger partial charge in [-0.2, -0.15) is 0 Å². The second-order valence-corrected chi connectivity index (χ2v) is 8.31. The predicted molar refractivity (Wildman–Crippen MR) is 109 cm³/mol. The van der Waals surface area contributed by atoms with Crippen molar-refractivity contribution >= 4 is 18.7 Å². The third-order valence-electron chi connectivity index (χ3n) is 6.01. The highest BCUT2D eigenvalue weighted by molar-refractivity contribution is 6.47. The van der Waals surface area contributed by atoms with E-state index in [0.29, 0.717) is 49.0 Å².